The van der Waals surface area contributed by atoms with E-state index in [0.717, 1.165) is 0 Å². The van der Waals surface area contributed by atoms with Crippen LogP contribution in [0.4, 0.5) is 18.9 Å². The van der Waals surface area contributed by atoms with Gasteiger partial charge in [-0.3, -0.25) is 0 Å². The van der Waals surface area contributed by atoms with Gasteiger partial charge in [0.15, 0.2) is 0 Å². The Morgan fingerprint density at radius 1 is 1.24 bits per heavy atom. The molecule has 0 radical (unpaired) electrons. The van der Waals surface area contributed by atoms with Crippen molar-refractivity contribution in [3.8, 4) is 5.75 Å². The van der Waals surface area contributed by atoms with Gasteiger partial charge in [-0.15, -0.1) is 0 Å². The molecular formula is C9H8Br2F3NOS. The normalized spacial score (nSPS) is 11.6. The second-order valence-electron chi connectivity index (χ2n) is 2.96. The van der Waals surface area contributed by atoms with Crippen molar-refractivity contribution < 1.29 is 17.9 Å². The first-order chi connectivity index (χ1) is 7.79. The smallest absolute Gasteiger partial charge is 0.441 e. The molecule has 0 aliphatic rings. The monoisotopic (exact) mass is 393 g/mol. The Morgan fingerprint density at radius 3 is 2.24 bits per heavy atom. The average Bonchev–Trinajstić information content (AvgIpc) is 2.13. The summed E-state index contributed by atoms with van der Waals surface area (Å²) in [7, 11) is 0. The van der Waals surface area contributed by atoms with E-state index >= 15 is 0 Å². The fraction of sp³-hybridized carbons (Fsp3) is 0.333. The molecule has 0 aliphatic heterocycles. The van der Waals surface area contributed by atoms with Gasteiger partial charge < -0.3 is 10.5 Å². The van der Waals surface area contributed by atoms with Crippen LogP contribution in [0.1, 0.15) is 0 Å². The van der Waals surface area contributed by atoms with Crippen LogP contribution in [0.25, 0.3) is 0 Å². The van der Waals surface area contributed by atoms with Crippen molar-refractivity contribution in [1.29, 1.82) is 0 Å². The van der Waals surface area contributed by atoms with Crippen LogP contribution in [-0.2, 0) is 0 Å². The Balaban J connectivity index is 2.53. The molecule has 2 N–H and O–H groups in total. The fourth-order valence-electron chi connectivity index (χ4n) is 1.02. The van der Waals surface area contributed by atoms with Crippen LogP contribution in [0.3, 0.4) is 0 Å². The van der Waals surface area contributed by atoms with E-state index in [9.17, 15) is 13.2 Å². The fourth-order valence-corrected chi connectivity index (χ4v) is 2.87. The first-order valence-electron chi connectivity index (χ1n) is 4.37. The highest BCUT2D eigenvalue weighted by Gasteiger charge is 2.27. The molecule has 0 spiro atoms. The minimum atomic E-state index is -4.22. The van der Waals surface area contributed by atoms with Gasteiger partial charge in [-0.1, -0.05) is 0 Å². The summed E-state index contributed by atoms with van der Waals surface area (Å²) in [6.45, 7) is -0.0364. The zero-order valence-electron chi connectivity index (χ0n) is 8.35. The molecule has 8 heteroatoms. The zero-order chi connectivity index (χ0) is 13.1. The summed E-state index contributed by atoms with van der Waals surface area (Å²) in [5.41, 5.74) is 1.88. The molecule has 0 fully saturated rings. The molecule has 0 aromatic heterocycles. The minimum absolute atomic E-state index is 0.0364. The lowest BCUT2D eigenvalue weighted by Crippen LogP contribution is -2.08. The molecule has 1 aromatic rings. The largest absolute Gasteiger partial charge is 0.490 e. The Kier molecular flexibility index (Phi) is 5.46. The van der Waals surface area contributed by atoms with E-state index in [1.165, 1.54) is 0 Å². The predicted octanol–water partition coefficient (Wildman–Crippen LogP) is 4.43. The molecule has 96 valence electrons. The summed E-state index contributed by atoms with van der Waals surface area (Å²) in [5.74, 6) is 0.286. The van der Waals surface area contributed by atoms with Gasteiger partial charge >= 0.3 is 5.51 Å². The number of anilines is 1. The first-order valence-corrected chi connectivity index (χ1v) is 6.95. The molecule has 0 atom stereocenters. The lowest BCUT2D eigenvalue weighted by Gasteiger charge is -2.11. The number of hydrogen-bond donors (Lipinski definition) is 1. The van der Waals surface area contributed by atoms with Crippen molar-refractivity contribution in [3.63, 3.8) is 0 Å². The molecule has 0 heterocycles. The molecule has 17 heavy (non-hydrogen) atoms. The molecule has 0 saturated heterocycles. The van der Waals surface area contributed by atoms with Crippen LogP contribution in [0.2, 0.25) is 0 Å². The SMILES string of the molecule is Nc1cc(Br)c(OCCSC(F)(F)F)c(Br)c1. The number of ether oxygens (including phenoxy) is 1. The lowest BCUT2D eigenvalue weighted by molar-refractivity contribution is -0.0329. The lowest BCUT2D eigenvalue weighted by atomic mass is 10.3. The number of rotatable bonds is 4. The third-order valence-corrected chi connectivity index (χ3v) is 3.49. The van der Waals surface area contributed by atoms with E-state index < -0.39 is 5.51 Å². The van der Waals surface area contributed by atoms with E-state index in [1.54, 1.807) is 12.1 Å². The van der Waals surface area contributed by atoms with Crippen LogP contribution in [0.15, 0.2) is 21.1 Å². The highest BCUT2D eigenvalue weighted by molar-refractivity contribution is 9.11. The predicted molar refractivity (Wildman–Crippen MR) is 70.3 cm³/mol. The van der Waals surface area contributed by atoms with Gasteiger partial charge in [-0.05, 0) is 55.8 Å². The van der Waals surface area contributed by atoms with Crippen LogP contribution in [-0.4, -0.2) is 17.9 Å². The maximum Gasteiger partial charge on any atom is 0.441 e. The van der Waals surface area contributed by atoms with Crippen molar-refractivity contribution in [1.82, 2.24) is 0 Å². The number of hydrogen-bond acceptors (Lipinski definition) is 3. The van der Waals surface area contributed by atoms with Crippen molar-refractivity contribution in [2.45, 2.75) is 5.51 Å². The number of halogens is 5. The van der Waals surface area contributed by atoms with Gasteiger partial charge in [0, 0.05) is 11.4 Å². The van der Waals surface area contributed by atoms with Gasteiger partial charge in [-0.2, -0.15) is 13.2 Å². The van der Waals surface area contributed by atoms with Crippen molar-refractivity contribution in [2.24, 2.45) is 0 Å². The van der Waals surface area contributed by atoms with Crippen LogP contribution >= 0.6 is 43.6 Å². The zero-order valence-corrected chi connectivity index (χ0v) is 12.3. The molecule has 1 aromatic carbocycles. The maximum absolute atomic E-state index is 11.9. The minimum Gasteiger partial charge on any atom is -0.490 e. The topological polar surface area (TPSA) is 35.2 Å². The van der Waals surface area contributed by atoms with Crippen molar-refractivity contribution in [2.75, 3.05) is 18.1 Å². The van der Waals surface area contributed by atoms with E-state index in [2.05, 4.69) is 31.9 Å². The molecule has 0 unspecified atom stereocenters. The number of benzene rings is 1. The van der Waals surface area contributed by atoms with Crippen molar-refractivity contribution in [3.05, 3.63) is 21.1 Å². The van der Waals surface area contributed by atoms with Crippen LogP contribution in [0.5, 0.6) is 5.75 Å². The van der Waals surface area contributed by atoms with E-state index in [-0.39, 0.29) is 24.1 Å². The first kappa shape index (κ1) is 15.0. The summed E-state index contributed by atoms with van der Waals surface area (Å²) in [4.78, 5) is 0. The summed E-state index contributed by atoms with van der Waals surface area (Å²) in [5, 5.41) is 0. The Hall–Kier alpha value is -0.0800. The molecule has 1 rings (SSSR count). The van der Waals surface area contributed by atoms with E-state index in [0.29, 0.717) is 20.4 Å². The Labute approximate surface area is 117 Å². The number of nitrogens with two attached hydrogens (primary N) is 1. The van der Waals surface area contributed by atoms with E-state index in [1.807, 2.05) is 0 Å². The van der Waals surface area contributed by atoms with Crippen LogP contribution < -0.4 is 10.5 Å². The maximum atomic E-state index is 11.9. The molecule has 0 amide bonds. The summed E-state index contributed by atoms with van der Waals surface area (Å²) >= 11 is 6.34. The molecular weight excluding hydrogens is 387 g/mol. The Morgan fingerprint density at radius 2 is 1.76 bits per heavy atom. The number of alkyl halides is 3. The van der Waals surface area contributed by atoms with Gasteiger partial charge in [0.2, 0.25) is 0 Å². The Bertz CT molecular complexity index is 377. The van der Waals surface area contributed by atoms with Gasteiger partial charge in [0.1, 0.15) is 5.75 Å². The summed E-state index contributed by atoms with van der Waals surface area (Å²) < 4.78 is 42.0. The third kappa shape index (κ3) is 5.39. The van der Waals surface area contributed by atoms with Gasteiger partial charge in [0.05, 0.1) is 15.6 Å². The van der Waals surface area contributed by atoms with Crippen molar-refractivity contribution >= 4 is 49.3 Å². The van der Waals surface area contributed by atoms with Crippen LogP contribution in [0, 0.1) is 0 Å². The second-order valence-corrected chi connectivity index (χ2v) is 5.82. The second kappa shape index (κ2) is 6.19. The average molecular weight is 395 g/mol. The quantitative estimate of drug-likeness (QED) is 0.606. The van der Waals surface area contributed by atoms with Gasteiger partial charge in [-0.25, -0.2) is 0 Å². The third-order valence-electron chi connectivity index (χ3n) is 1.62. The number of thioether (sulfide) groups is 1. The highest BCUT2D eigenvalue weighted by Crippen LogP contribution is 2.36. The number of nitrogen functional groups attached to an aromatic ring is 1. The summed E-state index contributed by atoms with van der Waals surface area (Å²) in [6.07, 6.45) is 0. The molecule has 0 aliphatic carbocycles. The molecule has 0 saturated carbocycles. The standard InChI is InChI=1S/C9H8Br2F3NOS/c10-6-3-5(15)4-7(11)8(6)16-1-2-17-9(12,13)14/h3-4H,1-2,15H2. The molecule has 2 nitrogen and oxygen atoms in total. The summed E-state index contributed by atoms with van der Waals surface area (Å²) in [6, 6.07) is 3.24. The van der Waals surface area contributed by atoms with E-state index in [4.69, 9.17) is 10.5 Å². The highest BCUT2D eigenvalue weighted by atomic mass is 79.9. The van der Waals surface area contributed by atoms with Gasteiger partial charge in [0.25, 0.3) is 0 Å². The molecule has 0 bridgehead atoms.